The molecule has 3 rings (SSSR count). The molecule has 0 saturated carbocycles. The van der Waals surface area contributed by atoms with Gasteiger partial charge in [0.1, 0.15) is 0 Å². The molecule has 3 aliphatic rings. The minimum absolute atomic E-state index is 0.0361. The van der Waals surface area contributed by atoms with Crippen molar-refractivity contribution in [2.45, 2.75) is 68.7 Å². The molecule has 12 nitrogen and oxygen atoms in total. The van der Waals surface area contributed by atoms with Crippen LogP contribution in [0, 0.1) is 0 Å². The van der Waals surface area contributed by atoms with Crippen molar-refractivity contribution in [1.29, 1.82) is 0 Å². The first-order valence-corrected chi connectivity index (χ1v) is 15.9. The standard InChI is InChI=1S/C22H33N5O7S3/c28-16(4-2-1-3-15-21-14(13-35-15)25-22(33)26-21)23-9-10-24-17(29)7-11-36-37-12-8-20(32)34-27-18(30)5-6-19(27)31/h14-15,21H,1-13H2,(H,23,28)(H,24,29)(H2,25,26,33)/t14-,15-,21+/m1/s1. The lowest BCUT2D eigenvalue weighted by Crippen LogP contribution is -2.36. The second kappa shape index (κ2) is 15.3. The number of nitrogens with one attached hydrogen (secondary N) is 4. The van der Waals surface area contributed by atoms with E-state index < -0.39 is 17.8 Å². The lowest BCUT2D eigenvalue weighted by molar-refractivity contribution is -0.197. The van der Waals surface area contributed by atoms with Gasteiger partial charge in [-0.1, -0.05) is 28.0 Å². The third-order valence-electron chi connectivity index (χ3n) is 5.93. The molecule has 206 valence electrons. The molecule has 6 amide bonds. The molecule has 0 bridgehead atoms. The van der Waals surface area contributed by atoms with Crippen LogP contribution in [-0.2, 0) is 28.8 Å². The van der Waals surface area contributed by atoms with E-state index >= 15 is 0 Å². The molecule has 4 N–H and O–H groups in total. The van der Waals surface area contributed by atoms with Crippen molar-refractivity contribution < 1.29 is 33.6 Å². The van der Waals surface area contributed by atoms with E-state index in [0.717, 1.165) is 25.0 Å². The van der Waals surface area contributed by atoms with Gasteiger partial charge in [-0.05, 0) is 12.8 Å². The Morgan fingerprint density at radius 2 is 1.57 bits per heavy atom. The first-order valence-electron chi connectivity index (χ1n) is 12.4. The van der Waals surface area contributed by atoms with E-state index in [9.17, 15) is 28.8 Å². The van der Waals surface area contributed by atoms with Gasteiger partial charge >= 0.3 is 12.0 Å². The molecule has 15 heteroatoms. The van der Waals surface area contributed by atoms with Crippen molar-refractivity contribution in [3.05, 3.63) is 0 Å². The van der Waals surface area contributed by atoms with Crippen molar-refractivity contribution in [3.63, 3.8) is 0 Å². The van der Waals surface area contributed by atoms with Gasteiger partial charge in [0.15, 0.2) is 0 Å². The molecule has 0 aliphatic carbocycles. The van der Waals surface area contributed by atoms with Gasteiger partial charge in [0, 0.05) is 61.3 Å². The number of hydroxylamine groups is 2. The molecular formula is C22H33N5O7S3. The fourth-order valence-electron chi connectivity index (χ4n) is 4.04. The lowest BCUT2D eigenvalue weighted by atomic mass is 10.0. The van der Waals surface area contributed by atoms with Crippen LogP contribution in [-0.4, -0.2) is 88.4 Å². The Hall–Kier alpha value is -2.13. The van der Waals surface area contributed by atoms with Crippen molar-refractivity contribution in [2.24, 2.45) is 0 Å². The zero-order valence-electron chi connectivity index (χ0n) is 20.5. The minimum Gasteiger partial charge on any atom is -0.354 e. The Labute approximate surface area is 227 Å². The van der Waals surface area contributed by atoms with Crippen molar-refractivity contribution >= 4 is 69.0 Å². The number of rotatable bonds is 16. The maximum Gasteiger partial charge on any atom is 0.334 e. The van der Waals surface area contributed by atoms with Crippen LogP contribution in [0.2, 0.25) is 0 Å². The summed E-state index contributed by atoms with van der Waals surface area (Å²) in [5.41, 5.74) is 0. The van der Waals surface area contributed by atoms with E-state index in [1.54, 1.807) is 0 Å². The molecule has 3 fully saturated rings. The molecule has 0 aromatic heterocycles. The summed E-state index contributed by atoms with van der Waals surface area (Å²) >= 11 is 1.87. The first-order chi connectivity index (χ1) is 17.8. The Bertz CT molecular complexity index is 862. The zero-order chi connectivity index (χ0) is 26.6. The summed E-state index contributed by atoms with van der Waals surface area (Å²) in [5.74, 6) is 0.125. The van der Waals surface area contributed by atoms with Crippen LogP contribution in [0.5, 0.6) is 0 Å². The van der Waals surface area contributed by atoms with E-state index in [1.807, 2.05) is 11.8 Å². The topological polar surface area (TPSA) is 163 Å². The number of amides is 6. The summed E-state index contributed by atoms with van der Waals surface area (Å²) in [4.78, 5) is 74.6. The predicted octanol–water partition coefficient (Wildman–Crippen LogP) is 0.713. The summed E-state index contributed by atoms with van der Waals surface area (Å²) < 4.78 is 0. The van der Waals surface area contributed by atoms with E-state index in [0.29, 0.717) is 47.8 Å². The first kappa shape index (κ1) is 29.4. The van der Waals surface area contributed by atoms with Gasteiger partial charge in [0.05, 0.1) is 18.5 Å². The largest absolute Gasteiger partial charge is 0.354 e. The fourth-order valence-corrected chi connectivity index (χ4v) is 7.54. The second-order valence-electron chi connectivity index (χ2n) is 8.76. The Morgan fingerprint density at radius 1 is 0.919 bits per heavy atom. The molecule has 37 heavy (non-hydrogen) atoms. The smallest absolute Gasteiger partial charge is 0.334 e. The highest BCUT2D eigenvalue weighted by molar-refractivity contribution is 8.76. The molecule has 0 unspecified atom stereocenters. The highest BCUT2D eigenvalue weighted by atomic mass is 33.1. The Kier molecular flexibility index (Phi) is 12.2. The van der Waals surface area contributed by atoms with Crippen LogP contribution in [0.15, 0.2) is 0 Å². The van der Waals surface area contributed by atoms with Gasteiger partial charge < -0.3 is 26.1 Å². The molecule has 0 radical (unpaired) electrons. The number of urea groups is 1. The predicted molar refractivity (Wildman–Crippen MR) is 141 cm³/mol. The minimum atomic E-state index is -0.640. The van der Waals surface area contributed by atoms with Crippen molar-refractivity contribution in [3.8, 4) is 0 Å². The van der Waals surface area contributed by atoms with Gasteiger partial charge in [-0.3, -0.25) is 19.2 Å². The monoisotopic (exact) mass is 575 g/mol. The number of imide groups is 1. The van der Waals surface area contributed by atoms with E-state index in [-0.39, 0.29) is 49.2 Å². The van der Waals surface area contributed by atoms with Crippen LogP contribution in [0.4, 0.5) is 4.79 Å². The van der Waals surface area contributed by atoms with Gasteiger partial charge in [0.2, 0.25) is 11.8 Å². The maximum atomic E-state index is 12.0. The molecular weight excluding hydrogens is 542 g/mol. The second-order valence-corrected chi connectivity index (χ2v) is 12.7. The zero-order valence-corrected chi connectivity index (χ0v) is 22.9. The van der Waals surface area contributed by atoms with Crippen LogP contribution >= 0.6 is 33.3 Å². The SMILES string of the molecule is O=C(CCCC[C@H]1SC[C@H]2NC(=O)N[C@@H]21)NCCNC(=O)CCSSCCC(=O)ON1C(=O)CCC1=O. The lowest BCUT2D eigenvalue weighted by Gasteiger charge is -2.16. The molecule has 3 aliphatic heterocycles. The number of unbranched alkanes of at least 4 members (excludes halogenated alkanes) is 1. The van der Waals surface area contributed by atoms with Crippen LogP contribution in [0.3, 0.4) is 0 Å². The molecule has 3 heterocycles. The van der Waals surface area contributed by atoms with Crippen LogP contribution in [0.1, 0.15) is 51.4 Å². The van der Waals surface area contributed by atoms with Gasteiger partial charge in [-0.25, -0.2) is 9.59 Å². The van der Waals surface area contributed by atoms with Gasteiger partial charge in [-0.2, -0.15) is 11.8 Å². The summed E-state index contributed by atoms with van der Waals surface area (Å²) in [7, 11) is 2.85. The van der Waals surface area contributed by atoms with Gasteiger partial charge in [0.25, 0.3) is 11.8 Å². The number of hydrogen-bond donors (Lipinski definition) is 4. The maximum absolute atomic E-state index is 12.0. The summed E-state index contributed by atoms with van der Waals surface area (Å²) in [5, 5.41) is 12.4. The normalized spacial score (nSPS) is 22.4. The number of hydrogen-bond acceptors (Lipinski definition) is 10. The third kappa shape index (κ3) is 9.93. The number of nitrogens with zero attached hydrogens (tertiary/aromatic N) is 1. The molecule has 0 spiro atoms. The number of carbonyl (C=O) groups is 6. The van der Waals surface area contributed by atoms with Gasteiger partial charge in [-0.15, -0.1) is 5.06 Å². The highest BCUT2D eigenvalue weighted by Crippen LogP contribution is 2.33. The van der Waals surface area contributed by atoms with E-state index in [2.05, 4.69) is 21.3 Å². The summed E-state index contributed by atoms with van der Waals surface area (Å²) in [6.45, 7) is 0.729. The average molecular weight is 576 g/mol. The Morgan fingerprint density at radius 3 is 2.27 bits per heavy atom. The Balaban J connectivity index is 1.09. The van der Waals surface area contributed by atoms with E-state index in [1.165, 1.54) is 21.6 Å². The number of thioether (sulfide) groups is 1. The average Bonchev–Trinajstić information content (AvgIpc) is 3.51. The van der Waals surface area contributed by atoms with Crippen molar-refractivity contribution in [1.82, 2.24) is 26.3 Å². The number of carbonyl (C=O) groups excluding carboxylic acids is 6. The third-order valence-corrected chi connectivity index (χ3v) is 9.85. The molecule has 3 atom stereocenters. The molecule has 3 saturated heterocycles. The van der Waals surface area contributed by atoms with Crippen molar-refractivity contribution in [2.75, 3.05) is 30.3 Å². The summed E-state index contributed by atoms with van der Waals surface area (Å²) in [6.07, 6.45) is 3.61. The van der Waals surface area contributed by atoms with Crippen LogP contribution in [0.25, 0.3) is 0 Å². The fraction of sp³-hybridized carbons (Fsp3) is 0.727. The number of fused-ring (bicyclic) bond motifs is 1. The van der Waals surface area contributed by atoms with E-state index in [4.69, 9.17) is 4.84 Å². The van der Waals surface area contributed by atoms with Crippen LogP contribution < -0.4 is 21.3 Å². The molecule has 0 aromatic rings. The molecule has 0 aromatic carbocycles. The summed E-state index contributed by atoms with van der Waals surface area (Å²) in [6, 6.07) is 0.324. The quantitative estimate of drug-likeness (QED) is 0.0892. The highest BCUT2D eigenvalue weighted by Gasteiger charge is 2.42.